The Hall–Kier alpha value is -3.49. The minimum atomic E-state index is -0.986. The van der Waals surface area contributed by atoms with Gasteiger partial charge in [-0.05, 0) is 13.8 Å². The van der Waals surface area contributed by atoms with Crippen LogP contribution in [0.2, 0.25) is 0 Å². The molecule has 9 heteroatoms. The molecule has 2 aromatic rings. The molecular formula is C19H21N3O6. The molecule has 0 aliphatic carbocycles. The van der Waals surface area contributed by atoms with Crippen LogP contribution in [-0.4, -0.2) is 49.2 Å². The van der Waals surface area contributed by atoms with E-state index >= 15 is 0 Å². The number of ether oxygens (including phenoxy) is 2. The molecule has 0 N–H and O–H groups in total. The first-order valence-electron chi connectivity index (χ1n) is 8.62. The number of aromatic nitrogens is 1. The Bertz CT molecular complexity index is 896. The van der Waals surface area contributed by atoms with Crippen molar-refractivity contribution in [1.82, 2.24) is 4.98 Å². The third-order valence-corrected chi connectivity index (χ3v) is 3.76. The van der Waals surface area contributed by atoms with E-state index in [4.69, 9.17) is 9.47 Å². The fourth-order valence-corrected chi connectivity index (χ4v) is 2.66. The van der Waals surface area contributed by atoms with Gasteiger partial charge in [-0.15, -0.1) is 0 Å². The third kappa shape index (κ3) is 4.08. The van der Waals surface area contributed by atoms with Crippen molar-refractivity contribution in [2.24, 2.45) is 0 Å². The van der Waals surface area contributed by atoms with E-state index in [0.717, 1.165) is 0 Å². The number of rotatable bonds is 7. The summed E-state index contributed by atoms with van der Waals surface area (Å²) in [5.41, 5.74) is -0.971. The number of hydrogen-bond donors (Lipinski definition) is 0. The summed E-state index contributed by atoms with van der Waals surface area (Å²) < 4.78 is 10.0. The molecular weight excluding hydrogens is 366 g/mol. The number of anilines is 1. The van der Waals surface area contributed by atoms with Crippen LogP contribution in [-0.2, 0) is 9.47 Å². The lowest BCUT2D eigenvalue weighted by atomic mass is 10.0. The Morgan fingerprint density at radius 3 is 2.04 bits per heavy atom. The Labute approximate surface area is 162 Å². The smallest absolute Gasteiger partial charge is 0.346 e. The summed E-state index contributed by atoms with van der Waals surface area (Å²) in [6.07, 6.45) is 0. The van der Waals surface area contributed by atoms with Crippen LogP contribution in [0.5, 0.6) is 0 Å². The fourth-order valence-electron chi connectivity index (χ4n) is 2.66. The maximum atomic E-state index is 12.7. The first kappa shape index (κ1) is 20.8. The second kappa shape index (κ2) is 8.94. The molecule has 0 saturated carbocycles. The normalized spacial score (nSPS) is 10.3. The summed E-state index contributed by atoms with van der Waals surface area (Å²) >= 11 is 0. The average molecular weight is 387 g/mol. The molecule has 28 heavy (non-hydrogen) atoms. The highest BCUT2D eigenvalue weighted by Crippen LogP contribution is 2.38. The summed E-state index contributed by atoms with van der Waals surface area (Å²) in [4.78, 5) is 42.3. The molecule has 1 aromatic carbocycles. The topological polar surface area (TPSA) is 112 Å². The van der Waals surface area contributed by atoms with Gasteiger partial charge in [0.2, 0.25) is 0 Å². The lowest BCUT2D eigenvalue weighted by Crippen LogP contribution is -2.23. The van der Waals surface area contributed by atoms with Gasteiger partial charge in [-0.25, -0.2) is 14.6 Å². The van der Waals surface area contributed by atoms with Crippen LogP contribution in [0.4, 0.5) is 11.5 Å². The fraction of sp³-hybridized carbons (Fsp3) is 0.316. The summed E-state index contributed by atoms with van der Waals surface area (Å²) in [5.74, 6) is -1.80. The van der Waals surface area contributed by atoms with Crippen molar-refractivity contribution < 1.29 is 24.0 Å². The zero-order valence-corrected chi connectivity index (χ0v) is 16.1. The van der Waals surface area contributed by atoms with E-state index in [9.17, 15) is 19.7 Å². The number of benzene rings is 1. The molecule has 0 spiro atoms. The Balaban J connectivity index is 2.99. The first-order chi connectivity index (χ1) is 13.3. The van der Waals surface area contributed by atoms with Gasteiger partial charge < -0.3 is 14.4 Å². The number of nitrogens with zero attached hydrogens (tertiary/aromatic N) is 3. The minimum Gasteiger partial charge on any atom is -0.462 e. The summed E-state index contributed by atoms with van der Waals surface area (Å²) in [6, 6.07) is 8.40. The molecule has 9 nitrogen and oxygen atoms in total. The van der Waals surface area contributed by atoms with E-state index in [-0.39, 0.29) is 30.3 Å². The van der Waals surface area contributed by atoms with E-state index in [1.165, 1.54) is 4.90 Å². The summed E-state index contributed by atoms with van der Waals surface area (Å²) in [6.45, 7) is 3.18. The van der Waals surface area contributed by atoms with Gasteiger partial charge in [0.15, 0.2) is 11.3 Å². The molecule has 0 fully saturated rings. The van der Waals surface area contributed by atoms with Crippen LogP contribution < -0.4 is 4.90 Å². The molecule has 0 radical (unpaired) electrons. The largest absolute Gasteiger partial charge is 0.462 e. The number of hydrogen-bond acceptors (Lipinski definition) is 8. The SMILES string of the molecule is CCOC(=O)c1c(N(C)C)nc(-c2ccccc2)c([N+](=O)[O-])c1C(=O)OCC. The average Bonchev–Trinajstić information content (AvgIpc) is 2.67. The molecule has 2 rings (SSSR count). The first-order valence-corrected chi connectivity index (χ1v) is 8.62. The van der Waals surface area contributed by atoms with Crippen LogP contribution in [0.15, 0.2) is 30.3 Å². The number of nitro groups is 1. The quantitative estimate of drug-likeness (QED) is 0.405. The van der Waals surface area contributed by atoms with Crippen LogP contribution in [0.25, 0.3) is 11.3 Å². The molecule has 0 aliphatic rings. The summed E-state index contributed by atoms with van der Waals surface area (Å²) in [7, 11) is 3.22. The molecule has 148 valence electrons. The van der Waals surface area contributed by atoms with E-state index in [1.807, 2.05) is 0 Å². The van der Waals surface area contributed by atoms with Crippen LogP contribution >= 0.6 is 0 Å². The van der Waals surface area contributed by atoms with Gasteiger partial charge in [0.05, 0.1) is 18.1 Å². The second-order valence-electron chi connectivity index (χ2n) is 5.84. The Kier molecular flexibility index (Phi) is 6.64. The van der Waals surface area contributed by atoms with E-state index in [1.54, 1.807) is 58.3 Å². The van der Waals surface area contributed by atoms with E-state index < -0.39 is 28.1 Å². The minimum absolute atomic E-state index is 0.0153. The highest BCUT2D eigenvalue weighted by molar-refractivity contribution is 6.10. The van der Waals surface area contributed by atoms with Gasteiger partial charge in [0.1, 0.15) is 11.4 Å². The third-order valence-electron chi connectivity index (χ3n) is 3.76. The molecule has 1 heterocycles. The van der Waals surface area contributed by atoms with Crippen molar-refractivity contribution in [3.05, 3.63) is 51.6 Å². The summed E-state index contributed by atoms with van der Waals surface area (Å²) in [5, 5.41) is 11.9. The molecule has 0 amide bonds. The number of pyridine rings is 1. The van der Waals surface area contributed by atoms with Crippen molar-refractivity contribution in [1.29, 1.82) is 0 Å². The van der Waals surface area contributed by atoms with Crippen LogP contribution in [0, 0.1) is 10.1 Å². The predicted octanol–water partition coefficient (Wildman–Crippen LogP) is 3.08. The lowest BCUT2D eigenvalue weighted by Gasteiger charge is -2.19. The van der Waals surface area contributed by atoms with Crippen molar-refractivity contribution in [2.75, 3.05) is 32.2 Å². The van der Waals surface area contributed by atoms with E-state index in [0.29, 0.717) is 5.56 Å². The van der Waals surface area contributed by atoms with Gasteiger partial charge in [0, 0.05) is 19.7 Å². The highest BCUT2D eigenvalue weighted by Gasteiger charge is 2.37. The van der Waals surface area contributed by atoms with Crippen molar-refractivity contribution in [3.8, 4) is 11.3 Å². The monoisotopic (exact) mass is 387 g/mol. The zero-order valence-electron chi connectivity index (χ0n) is 16.1. The van der Waals surface area contributed by atoms with Gasteiger partial charge in [0.25, 0.3) is 0 Å². The van der Waals surface area contributed by atoms with Crippen molar-refractivity contribution in [2.45, 2.75) is 13.8 Å². The molecule has 0 unspecified atom stereocenters. The highest BCUT2D eigenvalue weighted by atomic mass is 16.6. The van der Waals surface area contributed by atoms with Crippen LogP contribution in [0.1, 0.15) is 34.6 Å². The van der Waals surface area contributed by atoms with Gasteiger partial charge in [-0.1, -0.05) is 30.3 Å². The molecule has 1 aromatic heterocycles. The van der Waals surface area contributed by atoms with Crippen molar-refractivity contribution >= 4 is 23.4 Å². The molecule has 0 aliphatic heterocycles. The number of esters is 2. The predicted molar refractivity (Wildman–Crippen MR) is 103 cm³/mol. The Morgan fingerprint density at radius 1 is 1.04 bits per heavy atom. The molecule has 0 saturated heterocycles. The van der Waals surface area contributed by atoms with Gasteiger partial charge in [-0.2, -0.15) is 0 Å². The van der Waals surface area contributed by atoms with Gasteiger partial charge in [-0.3, -0.25) is 10.1 Å². The maximum absolute atomic E-state index is 12.7. The second-order valence-corrected chi connectivity index (χ2v) is 5.84. The Morgan fingerprint density at radius 2 is 1.57 bits per heavy atom. The number of carbonyl (C=O) groups excluding carboxylic acids is 2. The van der Waals surface area contributed by atoms with Crippen LogP contribution in [0.3, 0.4) is 0 Å². The maximum Gasteiger partial charge on any atom is 0.346 e. The molecule has 0 atom stereocenters. The standard InChI is InChI=1S/C19H21N3O6/c1-5-27-18(23)13-14(19(24)28-6-2)17(21(3)4)20-15(16(13)22(25)26)12-10-8-7-9-11-12/h7-11H,5-6H2,1-4H3. The molecule has 0 bridgehead atoms. The van der Waals surface area contributed by atoms with E-state index in [2.05, 4.69) is 4.98 Å². The zero-order chi connectivity index (χ0) is 20.8. The lowest BCUT2D eigenvalue weighted by molar-refractivity contribution is -0.384. The van der Waals surface area contributed by atoms with Gasteiger partial charge >= 0.3 is 17.6 Å². The number of carbonyl (C=O) groups is 2. The van der Waals surface area contributed by atoms with Crippen molar-refractivity contribution in [3.63, 3.8) is 0 Å².